The summed E-state index contributed by atoms with van der Waals surface area (Å²) in [4.78, 5) is 5.25. The van der Waals surface area contributed by atoms with E-state index in [4.69, 9.17) is 5.73 Å². The summed E-state index contributed by atoms with van der Waals surface area (Å²) in [5.74, 6) is 0. The highest BCUT2D eigenvalue weighted by molar-refractivity contribution is 5.85. The molecule has 1 heterocycles. The molecule has 2 aromatic rings. The topological polar surface area (TPSA) is 32.5 Å². The predicted octanol–water partition coefficient (Wildman–Crippen LogP) is 4.49. The van der Waals surface area contributed by atoms with Crippen molar-refractivity contribution >= 4 is 30.5 Å². The Balaban J connectivity index is 0.00000140. The Morgan fingerprint density at radius 2 is 1.32 bits per heavy atom. The first kappa shape index (κ1) is 23.0. The second-order valence-corrected chi connectivity index (χ2v) is 7.94. The summed E-state index contributed by atoms with van der Waals surface area (Å²) < 4.78 is 0. The molecule has 154 valence electrons. The van der Waals surface area contributed by atoms with Gasteiger partial charge in [0.25, 0.3) is 0 Å². The highest BCUT2D eigenvalue weighted by Gasteiger charge is 2.37. The number of nitrogens with zero attached hydrogens (tertiary/aromatic N) is 2. The first-order valence-corrected chi connectivity index (χ1v) is 10.1. The second kappa shape index (κ2) is 10.5. The Morgan fingerprint density at radius 1 is 0.786 bits per heavy atom. The second-order valence-electron chi connectivity index (χ2n) is 7.94. The monoisotopic (exact) mass is 421 g/mol. The van der Waals surface area contributed by atoms with Crippen LogP contribution in [-0.4, -0.2) is 43.7 Å². The van der Waals surface area contributed by atoms with Gasteiger partial charge in [0, 0.05) is 49.9 Å². The Labute approximate surface area is 182 Å². The fraction of sp³-hybridized carbons (Fsp3) is 0.478. The van der Waals surface area contributed by atoms with E-state index in [2.05, 4.69) is 70.5 Å². The lowest BCUT2D eigenvalue weighted by Crippen LogP contribution is -2.53. The van der Waals surface area contributed by atoms with E-state index in [0.717, 1.165) is 25.7 Å². The highest BCUT2D eigenvalue weighted by atomic mass is 35.5. The Kier molecular flexibility index (Phi) is 8.63. The lowest BCUT2D eigenvalue weighted by molar-refractivity contribution is 0.119. The lowest BCUT2D eigenvalue weighted by atomic mass is 9.68. The third kappa shape index (κ3) is 4.83. The van der Waals surface area contributed by atoms with E-state index in [0.29, 0.717) is 0 Å². The molecule has 0 aromatic heterocycles. The highest BCUT2D eigenvalue weighted by Crippen LogP contribution is 2.40. The molecule has 2 N–H and O–H groups in total. The average Bonchev–Trinajstić information content (AvgIpc) is 2.75. The number of para-hydroxylation sites is 1. The summed E-state index contributed by atoms with van der Waals surface area (Å²) in [6, 6.07) is 22.5. The van der Waals surface area contributed by atoms with Crippen LogP contribution in [0.5, 0.6) is 0 Å². The Hall–Kier alpha value is -1.26. The van der Waals surface area contributed by atoms with Gasteiger partial charge < -0.3 is 10.6 Å². The van der Waals surface area contributed by atoms with Gasteiger partial charge in [0.1, 0.15) is 0 Å². The summed E-state index contributed by atoms with van der Waals surface area (Å²) in [5.41, 5.74) is 9.26. The first-order chi connectivity index (χ1) is 12.8. The Morgan fingerprint density at radius 3 is 1.86 bits per heavy atom. The predicted molar refractivity (Wildman–Crippen MR) is 124 cm³/mol. The summed E-state index contributed by atoms with van der Waals surface area (Å²) in [5, 5.41) is 0. The number of nitrogens with two attached hydrogens (primary N) is 1. The molecule has 0 radical (unpaired) electrons. The zero-order chi connectivity index (χ0) is 17.8. The van der Waals surface area contributed by atoms with Crippen LogP contribution < -0.4 is 10.6 Å². The maximum absolute atomic E-state index is 6.26. The standard InChI is InChI=1S/C23H31N3.2ClH/c24-19-23(20-7-3-1-4-8-20)13-11-22(12-14-23)26-17-15-25(16-18-26)21-9-5-2-6-10-21;;/h1-10,22H,11-19,24H2;2*1H/t22-,23-;;. The molecule has 2 fully saturated rings. The number of halogens is 2. The van der Waals surface area contributed by atoms with Gasteiger partial charge in [-0.2, -0.15) is 0 Å². The van der Waals surface area contributed by atoms with Gasteiger partial charge in [0.05, 0.1) is 0 Å². The first-order valence-electron chi connectivity index (χ1n) is 10.1. The molecule has 1 saturated carbocycles. The van der Waals surface area contributed by atoms with Crippen molar-refractivity contribution < 1.29 is 0 Å². The molecule has 0 unspecified atom stereocenters. The molecule has 0 atom stereocenters. The Bertz CT molecular complexity index is 680. The molecular weight excluding hydrogens is 389 g/mol. The summed E-state index contributed by atoms with van der Waals surface area (Å²) in [6.45, 7) is 5.41. The smallest absolute Gasteiger partial charge is 0.0367 e. The van der Waals surface area contributed by atoms with E-state index in [1.54, 1.807) is 0 Å². The summed E-state index contributed by atoms with van der Waals surface area (Å²) in [6.07, 6.45) is 4.99. The van der Waals surface area contributed by atoms with Gasteiger partial charge in [-0.3, -0.25) is 4.90 Å². The van der Waals surface area contributed by atoms with Crippen molar-refractivity contribution in [3.05, 3.63) is 66.2 Å². The van der Waals surface area contributed by atoms with E-state index in [1.165, 1.54) is 50.0 Å². The average molecular weight is 422 g/mol. The maximum Gasteiger partial charge on any atom is 0.0367 e. The van der Waals surface area contributed by atoms with E-state index < -0.39 is 0 Å². The van der Waals surface area contributed by atoms with E-state index in [-0.39, 0.29) is 30.2 Å². The molecule has 2 aromatic carbocycles. The number of anilines is 1. The van der Waals surface area contributed by atoms with Crippen LogP contribution in [0.3, 0.4) is 0 Å². The van der Waals surface area contributed by atoms with Crippen LogP contribution >= 0.6 is 24.8 Å². The minimum Gasteiger partial charge on any atom is -0.369 e. The van der Waals surface area contributed by atoms with E-state index in [9.17, 15) is 0 Å². The fourth-order valence-electron chi connectivity index (χ4n) is 4.91. The molecule has 28 heavy (non-hydrogen) atoms. The van der Waals surface area contributed by atoms with Crippen LogP contribution in [0.15, 0.2) is 60.7 Å². The van der Waals surface area contributed by atoms with E-state index in [1.807, 2.05) is 0 Å². The minimum absolute atomic E-state index is 0. The van der Waals surface area contributed by atoms with Gasteiger partial charge in [-0.25, -0.2) is 0 Å². The van der Waals surface area contributed by atoms with Crippen molar-refractivity contribution in [2.24, 2.45) is 5.73 Å². The van der Waals surface area contributed by atoms with Gasteiger partial charge in [0.2, 0.25) is 0 Å². The molecule has 1 aliphatic heterocycles. The van der Waals surface area contributed by atoms with Gasteiger partial charge in [-0.15, -0.1) is 24.8 Å². The molecule has 1 aliphatic carbocycles. The quantitative estimate of drug-likeness (QED) is 0.788. The van der Waals surface area contributed by atoms with Crippen LogP contribution in [0.1, 0.15) is 31.2 Å². The van der Waals surface area contributed by atoms with Crippen LogP contribution in [0.25, 0.3) is 0 Å². The number of benzene rings is 2. The van der Waals surface area contributed by atoms with Crippen molar-refractivity contribution in [2.45, 2.75) is 37.1 Å². The van der Waals surface area contributed by atoms with Crippen LogP contribution in [0.4, 0.5) is 5.69 Å². The third-order valence-corrected chi connectivity index (χ3v) is 6.64. The largest absolute Gasteiger partial charge is 0.369 e. The SMILES string of the molecule is Cl.Cl.NC[C@]1(c2ccccc2)CC[C@H](N2CCN(c3ccccc3)CC2)CC1. The molecule has 0 spiro atoms. The number of hydrogen-bond acceptors (Lipinski definition) is 3. The van der Waals surface area contributed by atoms with Gasteiger partial charge in [0.15, 0.2) is 0 Å². The van der Waals surface area contributed by atoms with Crippen molar-refractivity contribution in [1.82, 2.24) is 4.90 Å². The normalized spacial score (nSPS) is 25.5. The zero-order valence-electron chi connectivity index (χ0n) is 16.5. The molecule has 5 heteroatoms. The van der Waals surface area contributed by atoms with Gasteiger partial charge >= 0.3 is 0 Å². The van der Waals surface area contributed by atoms with Crippen molar-refractivity contribution in [3.63, 3.8) is 0 Å². The lowest BCUT2D eigenvalue weighted by Gasteiger charge is -2.46. The number of rotatable bonds is 4. The third-order valence-electron chi connectivity index (χ3n) is 6.64. The van der Waals surface area contributed by atoms with Crippen molar-refractivity contribution in [1.29, 1.82) is 0 Å². The van der Waals surface area contributed by atoms with Gasteiger partial charge in [-0.05, 0) is 43.4 Å². The van der Waals surface area contributed by atoms with Crippen LogP contribution in [-0.2, 0) is 5.41 Å². The number of piperazine rings is 1. The molecule has 0 amide bonds. The molecular formula is C23H33Cl2N3. The minimum atomic E-state index is 0. The molecule has 2 aliphatic rings. The fourth-order valence-corrected chi connectivity index (χ4v) is 4.91. The maximum atomic E-state index is 6.26. The van der Waals surface area contributed by atoms with Crippen LogP contribution in [0, 0.1) is 0 Å². The molecule has 3 nitrogen and oxygen atoms in total. The van der Waals surface area contributed by atoms with Crippen molar-refractivity contribution in [3.8, 4) is 0 Å². The molecule has 0 bridgehead atoms. The molecule has 1 saturated heterocycles. The summed E-state index contributed by atoms with van der Waals surface area (Å²) in [7, 11) is 0. The summed E-state index contributed by atoms with van der Waals surface area (Å²) >= 11 is 0. The molecule has 4 rings (SSSR count). The van der Waals surface area contributed by atoms with E-state index >= 15 is 0 Å². The number of hydrogen-bond donors (Lipinski definition) is 1. The van der Waals surface area contributed by atoms with Crippen LogP contribution in [0.2, 0.25) is 0 Å². The zero-order valence-corrected chi connectivity index (χ0v) is 18.1. The van der Waals surface area contributed by atoms with Gasteiger partial charge in [-0.1, -0.05) is 48.5 Å². The van der Waals surface area contributed by atoms with Crippen molar-refractivity contribution in [2.75, 3.05) is 37.6 Å².